The molecule has 6 heteroatoms. The molecular weight excluding hydrogens is 415 g/mol. The van der Waals surface area contributed by atoms with Crippen molar-refractivity contribution >= 4 is 51.0 Å². The number of carbonyl (C=O) groups excluding carboxylic acids is 1. The van der Waals surface area contributed by atoms with Crippen LogP contribution in [0.2, 0.25) is 0 Å². The summed E-state index contributed by atoms with van der Waals surface area (Å²) < 4.78 is 1.13. The number of aryl methyl sites for hydroxylation is 3. The first-order valence-corrected chi connectivity index (χ1v) is 8.59. The Labute approximate surface area is 154 Å². The lowest BCUT2D eigenvalue weighted by molar-refractivity contribution is 0.262. The average molecular weight is 432 g/mol. The molecule has 0 saturated heterocycles. The van der Waals surface area contributed by atoms with Crippen LogP contribution in [0.15, 0.2) is 36.4 Å². The molecule has 0 bridgehead atoms. The third-order valence-electron chi connectivity index (χ3n) is 3.77. The molecule has 0 saturated carbocycles. The Morgan fingerprint density at radius 1 is 0.917 bits per heavy atom. The third kappa shape index (κ3) is 3.64. The van der Waals surface area contributed by atoms with Gasteiger partial charge in [-0.05, 0) is 85.3 Å². The molecule has 2 aromatic carbocycles. The molecule has 0 radical (unpaired) electrons. The summed E-state index contributed by atoms with van der Waals surface area (Å²) >= 11 is 2.25. The maximum absolute atomic E-state index is 12.2. The van der Waals surface area contributed by atoms with Gasteiger partial charge in [0.2, 0.25) is 0 Å². The summed E-state index contributed by atoms with van der Waals surface area (Å²) in [6.45, 7) is 5.83. The molecular formula is C18H17IN4O. The van der Waals surface area contributed by atoms with Crippen molar-refractivity contribution in [3.63, 3.8) is 0 Å². The van der Waals surface area contributed by atoms with E-state index in [0.717, 1.165) is 37.2 Å². The van der Waals surface area contributed by atoms with Gasteiger partial charge in [-0.2, -0.15) is 0 Å². The summed E-state index contributed by atoms with van der Waals surface area (Å²) in [5.74, 6) is 0. The standard InChI is InChI=1S/C18H17IN4O/c1-10-8-13(19)4-6-15(10)23-18(24)22-14-5-7-16-17(9-14)21-12(3)11(2)20-16/h4-9H,1-3H3,(H2,22,23,24). The molecule has 0 aliphatic rings. The molecule has 2 amide bonds. The van der Waals surface area contributed by atoms with Crippen LogP contribution in [-0.4, -0.2) is 16.0 Å². The van der Waals surface area contributed by atoms with Gasteiger partial charge in [0.15, 0.2) is 0 Å². The topological polar surface area (TPSA) is 66.9 Å². The molecule has 2 N–H and O–H groups in total. The number of halogens is 1. The number of hydrogen-bond acceptors (Lipinski definition) is 3. The van der Waals surface area contributed by atoms with Crippen LogP contribution in [0.3, 0.4) is 0 Å². The first-order chi connectivity index (χ1) is 11.4. The van der Waals surface area contributed by atoms with Gasteiger partial charge in [-0.3, -0.25) is 0 Å². The monoisotopic (exact) mass is 432 g/mol. The lowest BCUT2D eigenvalue weighted by Gasteiger charge is -2.11. The van der Waals surface area contributed by atoms with E-state index < -0.39 is 0 Å². The minimum absolute atomic E-state index is 0.282. The smallest absolute Gasteiger partial charge is 0.308 e. The Morgan fingerprint density at radius 2 is 1.62 bits per heavy atom. The Balaban J connectivity index is 1.78. The van der Waals surface area contributed by atoms with Crippen molar-refractivity contribution in [1.82, 2.24) is 9.97 Å². The highest BCUT2D eigenvalue weighted by atomic mass is 127. The van der Waals surface area contributed by atoms with Gasteiger partial charge in [0.1, 0.15) is 0 Å². The predicted octanol–water partition coefficient (Wildman–Crippen LogP) is 4.80. The van der Waals surface area contributed by atoms with E-state index in [2.05, 4.69) is 43.2 Å². The van der Waals surface area contributed by atoms with Crippen molar-refractivity contribution in [2.45, 2.75) is 20.8 Å². The molecule has 3 aromatic rings. The lowest BCUT2D eigenvalue weighted by atomic mass is 10.2. The van der Waals surface area contributed by atoms with E-state index in [4.69, 9.17) is 0 Å². The van der Waals surface area contributed by atoms with Crippen molar-refractivity contribution in [3.8, 4) is 0 Å². The van der Waals surface area contributed by atoms with Crippen LogP contribution in [0.25, 0.3) is 11.0 Å². The van der Waals surface area contributed by atoms with Gasteiger partial charge >= 0.3 is 6.03 Å². The predicted molar refractivity (Wildman–Crippen MR) is 106 cm³/mol. The maximum Gasteiger partial charge on any atom is 0.323 e. The van der Waals surface area contributed by atoms with Crippen LogP contribution in [0, 0.1) is 24.3 Å². The maximum atomic E-state index is 12.2. The number of amides is 2. The highest BCUT2D eigenvalue weighted by Crippen LogP contribution is 2.20. The Kier molecular flexibility index (Phi) is 4.66. The average Bonchev–Trinajstić information content (AvgIpc) is 2.51. The van der Waals surface area contributed by atoms with Crippen LogP contribution in [0.1, 0.15) is 17.0 Å². The van der Waals surface area contributed by atoms with Crippen molar-refractivity contribution in [2.75, 3.05) is 10.6 Å². The summed E-state index contributed by atoms with van der Waals surface area (Å²) in [7, 11) is 0. The zero-order chi connectivity index (χ0) is 17.3. The van der Waals surface area contributed by atoms with Crippen molar-refractivity contribution in [2.24, 2.45) is 0 Å². The minimum Gasteiger partial charge on any atom is -0.308 e. The van der Waals surface area contributed by atoms with Gasteiger partial charge in [-0.1, -0.05) is 0 Å². The number of nitrogens with zero attached hydrogens (tertiary/aromatic N) is 2. The second kappa shape index (κ2) is 6.72. The van der Waals surface area contributed by atoms with E-state index in [9.17, 15) is 4.79 Å². The molecule has 0 aliphatic heterocycles. The zero-order valence-electron chi connectivity index (χ0n) is 13.6. The second-order valence-electron chi connectivity index (χ2n) is 5.64. The quantitative estimate of drug-likeness (QED) is 0.572. The third-order valence-corrected chi connectivity index (χ3v) is 4.44. The zero-order valence-corrected chi connectivity index (χ0v) is 15.8. The molecule has 0 fully saturated rings. The summed E-state index contributed by atoms with van der Waals surface area (Å²) in [5.41, 5.74) is 5.88. The molecule has 0 unspecified atom stereocenters. The van der Waals surface area contributed by atoms with E-state index in [1.54, 1.807) is 0 Å². The van der Waals surface area contributed by atoms with Crippen molar-refractivity contribution in [1.29, 1.82) is 0 Å². The first-order valence-electron chi connectivity index (χ1n) is 7.51. The Hall–Kier alpha value is -2.22. The fourth-order valence-electron chi connectivity index (χ4n) is 2.36. The molecule has 5 nitrogen and oxygen atoms in total. The van der Waals surface area contributed by atoms with E-state index in [1.807, 2.05) is 57.2 Å². The van der Waals surface area contributed by atoms with Gasteiger partial charge in [0, 0.05) is 14.9 Å². The normalized spacial score (nSPS) is 10.7. The van der Waals surface area contributed by atoms with Gasteiger partial charge in [0.25, 0.3) is 0 Å². The number of urea groups is 1. The van der Waals surface area contributed by atoms with Crippen LogP contribution in [0.5, 0.6) is 0 Å². The number of aromatic nitrogens is 2. The van der Waals surface area contributed by atoms with Crippen LogP contribution < -0.4 is 10.6 Å². The highest BCUT2D eigenvalue weighted by molar-refractivity contribution is 14.1. The van der Waals surface area contributed by atoms with E-state index >= 15 is 0 Å². The SMILES string of the molecule is Cc1cc(I)ccc1NC(=O)Nc1ccc2nc(C)c(C)nc2c1. The fourth-order valence-corrected chi connectivity index (χ4v) is 3.01. The molecule has 122 valence electrons. The first kappa shape index (κ1) is 16.6. The summed E-state index contributed by atoms with van der Waals surface area (Å²) in [4.78, 5) is 21.2. The van der Waals surface area contributed by atoms with E-state index in [-0.39, 0.29) is 6.03 Å². The van der Waals surface area contributed by atoms with E-state index in [0.29, 0.717) is 5.69 Å². The number of nitrogens with one attached hydrogen (secondary N) is 2. The minimum atomic E-state index is -0.282. The van der Waals surface area contributed by atoms with Crippen molar-refractivity contribution < 1.29 is 4.79 Å². The number of anilines is 2. The molecule has 1 heterocycles. The number of fused-ring (bicyclic) bond motifs is 1. The molecule has 0 aliphatic carbocycles. The van der Waals surface area contributed by atoms with Gasteiger partial charge < -0.3 is 10.6 Å². The molecule has 1 aromatic heterocycles. The van der Waals surface area contributed by atoms with E-state index in [1.165, 1.54) is 0 Å². The summed E-state index contributed by atoms with van der Waals surface area (Å²) in [6, 6.07) is 11.1. The molecule has 3 rings (SSSR count). The fraction of sp³-hybridized carbons (Fsp3) is 0.167. The second-order valence-corrected chi connectivity index (χ2v) is 6.88. The number of benzene rings is 2. The molecule has 24 heavy (non-hydrogen) atoms. The lowest BCUT2D eigenvalue weighted by Crippen LogP contribution is -2.20. The van der Waals surface area contributed by atoms with Crippen molar-refractivity contribution in [3.05, 3.63) is 56.9 Å². The Bertz CT molecular complexity index is 940. The largest absolute Gasteiger partial charge is 0.323 e. The highest BCUT2D eigenvalue weighted by Gasteiger charge is 2.07. The summed E-state index contributed by atoms with van der Waals surface area (Å²) in [6.07, 6.45) is 0. The van der Waals surface area contributed by atoms with Crippen LogP contribution in [-0.2, 0) is 0 Å². The number of rotatable bonds is 2. The van der Waals surface area contributed by atoms with Crippen LogP contribution >= 0.6 is 22.6 Å². The van der Waals surface area contributed by atoms with Gasteiger partial charge in [-0.25, -0.2) is 14.8 Å². The number of hydrogen-bond donors (Lipinski definition) is 2. The number of carbonyl (C=O) groups is 1. The van der Waals surface area contributed by atoms with Gasteiger partial charge in [-0.15, -0.1) is 0 Å². The molecule has 0 atom stereocenters. The van der Waals surface area contributed by atoms with Gasteiger partial charge in [0.05, 0.1) is 22.4 Å². The Morgan fingerprint density at radius 3 is 2.33 bits per heavy atom. The van der Waals surface area contributed by atoms with Crippen LogP contribution in [0.4, 0.5) is 16.2 Å². The summed E-state index contributed by atoms with van der Waals surface area (Å²) in [5, 5.41) is 5.70. The molecule has 0 spiro atoms.